The van der Waals surface area contributed by atoms with Crippen molar-refractivity contribution in [2.45, 2.75) is 52.1 Å². The van der Waals surface area contributed by atoms with Gasteiger partial charge >= 0.3 is 0 Å². The van der Waals surface area contributed by atoms with Gasteiger partial charge in [0.05, 0.1) is 6.54 Å². The lowest BCUT2D eigenvalue weighted by Crippen LogP contribution is -2.32. The van der Waals surface area contributed by atoms with Gasteiger partial charge in [-0.15, -0.1) is 5.10 Å². The van der Waals surface area contributed by atoms with Gasteiger partial charge < -0.3 is 5.73 Å². The van der Waals surface area contributed by atoms with Crippen molar-refractivity contribution >= 4 is 0 Å². The Labute approximate surface area is 181 Å². The number of aromatic nitrogens is 7. The molecule has 0 aliphatic heterocycles. The van der Waals surface area contributed by atoms with Crippen molar-refractivity contribution in [2.24, 2.45) is 5.73 Å². The molecule has 0 radical (unpaired) electrons. The Balaban J connectivity index is 1.56. The Morgan fingerprint density at radius 3 is 2.42 bits per heavy atom. The van der Waals surface area contributed by atoms with Gasteiger partial charge in [-0.3, -0.25) is 0 Å². The lowest BCUT2D eigenvalue weighted by atomic mass is 9.98. The molecule has 4 rings (SSSR count). The van der Waals surface area contributed by atoms with Crippen LogP contribution in [-0.4, -0.2) is 40.9 Å². The van der Waals surface area contributed by atoms with Crippen molar-refractivity contribution in [3.05, 3.63) is 65.7 Å². The van der Waals surface area contributed by atoms with Crippen LogP contribution in [0, 0.1) is 0 Å². The van der Waals surface area contributed by atoms with Gasteiger partial charge in [0.2, 0.25) is 0 Å². The highest BCUT2D eigenvalue weighted by molar-refractivity contribution is 5.80. The number of hydrogen-bond acceptors (Lipinski definition) is 6. The van der Waals surface area contributed by atoms with E-state index in [0.29, 0.717) is 12.4 Å². The molecule has 4 aromatic rings. The Hall–Kier alpha value is -3.39. The SMILES string of the molecule is CCc1nc(CCC(C)(C)N)n(Cc2ccc(-c3ccccc3-c3nnn[nH]3)cc2)n1. The van der Waals surface area contributed by atoms with Gasteiger partial charge in [-0.2, -0.15) is 5.10 Å². The fraction of sp³-hybridized carbons (Fsp3) is 0.348. The topological polar surface area (TPSA) is 111 Å². The Morgan fingerprint density at radius 2 is 1.77 bits per heavy atom. The van der Waals surface area contributed by atoms with E-state index >= 15 is 0 Å². The largest absolute Gasteiger partial charge is 0.326 e. The van der Waals surface area contributed by atoms with Gasteiger partial charge in [0.15, 0.2) is 11.6 Å². The molecule has 0 unspecified atom stereocenters. The molecule has 2 heterocycles. The standard InChI is InChI=1S/C23H28N8/c1-4-20-25-21(13-14-23(2,3)24)31(28-20)15-16-9-11-17(12-10-16)18-7-5-6-8-19(18)22-26-29-30-27-22/h5-12H,4,13-15,24H2,1-3H3,(H,26,27,29,30). The molecular formula is C23H28N8. The molecule has 0 aliphatic carbocycles. The van der Waals surface area contributed by atoms with E-state index in [2.05, 4.69) is 57.9 Å². The van der Waals surface area contributed by atoms with Crippen molar-refractivity contribution in [3.8, 4) is 22.5 Å². The van der Waals surface area contributed by atoms with E-state index in [4.69, 9.17) is 15.8 Å². The summed E-state index contributed by atoms with van der Waals surface area (Å²) in [5.74, 6) is 2.51. The third kappa shape index (κ3) is 5.03. The Morgan fingerprint density at radius 1 is 1.03 bits per heavy atom. The maximum absolute atomic E-state index is 6.17. The number of rotatable bonds is 8. The summed E-state index contributed by atoms with van der Waals surface area (Å²) < 4.78 is 2.01. The first-order valence-corrected chi connectivity index (χ1v) is 10.6. The van der Waals surface area contributed by atoms with Crippen LogP contribution in [0.15, 0.2) is 48.5 Å². The zero-order valence-electron chi connectivity index (χ0n) is 18.2. The van der Waals surface area contributed by atoms with E-state index in [-0.39, 0.29) is 5.54 Å². The normalized spacial score (nSPS) is 11.7. The molecule has 0 saturated heterocycles. The van der Waals surface area contributed by atoms with E-state index in [1.807, 2.05) is 36.7 Å². The summed E-state index contributed by atoms with van der Waals surface area (Å²) in [5.41, 5.74) is 10.3. The predicted molar refractivity (Wildman–Crippen MR) is 120 cm³/mol. The highest BCUT2D eigenvalue weighted by atomic mass is 15.5. The van der Waals surface area contributed by atoms with Gasteiger partial charge in [0.1, 0.15) is 5.82 Å². The van der Waals surface area contributed by atoms with Crippen molar-refractivity contribution in [3.63, 3.8) is 0 Å². The van der Waals surface area contributed by atoms with Crippen LogP contribution in [0.4, 0.5) is 0 Å². The zero-order chi connectivity index (χ0) is 21.8. The van der Waals surface area contributed by atoms with Crippen LogP contribution in [0.25, 0.3) is 22.5 Å². The molecule has 2 aromatic heterocycles. The number of hydrogen-bond donors (Lipinski definition) is 2. The molecular weight excluding hydrogens is 388 g/mol. The molecule has 0 bridgehead atoms. The van der Waals surface area contributed by atoms with Crippen LogP contribution < -0.4 is 5.73 Å². The minimum Gasteiger partial charge on any atom is -0.326 e. The lowest BCUT2D eigenvalue weighted by Gasteiger charge is -2.17. The summed E-state index contributed by atoms with van der Waals surface area (Å²) >= 11 is 0. The molecule has 0 atom stereocenters. The van der Waals surface area contributed by atoms with Gasteiger partial charge in [-0.1, -0.05) is 55.5 Å². The average molecular weight is 417 g/mol. The number of aryl methyl sites for hydroxylation is 2. The van der Waals surface area contributed by atoms with Gasteiger partial charge in [0, 0.05) is 23.9 Å². The van der Waals surface area contributed by atoms with Crippen molar-refractivity contribution in [1.82, 2.24) is 35.4 Å². The summed E-state index contributed by atoms with van der Waals surface area (Å²) in [6, 6.07) is 16.6. The monoisotopic (exact) mass is 416 g/mol. The highest BCUT2D eigenvalue weighted by Crippen LogP contribution is 2.29. The number of benzene rings is 2. The molecule has 0 amide bonds. The minimum absolute atomic E-state index is 0.225. The second-order valence-electron chi connectivity index (χ2n) is 8.44. The second-order valence-corrected chi connectivity index (χ2v) is 8.44. The fourth-order valence-electron chi connectivity index (χ4n) is 3.50. The number of nitrogens with two attached hydrogens (primary N) is 1. The maximum Gasteiger partial charge on any atom is 0.180 e. The first-order chi connectivity index (χ1) is 14.9. The molecule has 2 aromatic carbocycles. The molecule has 8 nitrogen and oxygen atoms in total. The molecule has 0 fully saturated rings. The number of nitrogens with zero attached hydrogens (tertiary/aromatic N) is 6. The smallest absolute Gasteiger partial charge is 0.180 e. The summed E-state index contributed by atoms with van der Waals surface area (Å²) in [7, 11) is 0. The first kappa shape index (κ1) is 20.9. The van der Waals surface area contributed by atoms with Crippen LogP contribution in [-0.2, 0) is 19.4 Å². The van der Waals surface area contributed by atoms with Gasteiger partial charge in [0.25, 0.3) is 0 Å². The van der Waals surface area contributed by atoms with Crippen molar-refractivity contribution < 1.29 is 0 Å². The summed E-state index contributed by atoms with van der Waals surface area (Å²) in [4.78, 5) is 4.71. The third-order valence-corrected chi connectivity index (χ3v) is 5.23. The van der Waals surface area contributed by atoms with Crippen molar-refractivity contribution in [1.29, 1.82) is 0 Å². The highest BCUT2D eigenvalue weighted by Gasteiger charge is 2.16. The lowest BCUT2D eigenvalue weighted by molar-refractivity contribution is 0.462. The third-order valence-electron chi connectivity index (χ3n) is 5.23. The van der Waals surface area contributed by atoms with E-state index in [1.54, 1.807) is 0 Å². The Bertz CT molecular complexity index is 1120. The zero-order valence-corrected chi connectivity index (χ0v) is 18.2. The van der Waals surface area contributed by atoms with Gasteiger partial charge in [-0.05, 0) is 47.4 Å². The van der Waals surface area contributed by atoms with E-state index in [9.17, 15) is 0 Å². The minimum atomic E-state index is -0.225. The first-order valence-electron chi connectivity index (χ1n) is 10.6. The summed E-state index contributed by atoms with van der Waals surface area (Å²) in [5, 5.41) is 19.0. The van der Waals surface area contributed by atoms with E-state index in [1.165, 1.54) is 5.56 Å². The predicted octanol–water partition coefficient (Wildman–Crippen LogP) is 3.41. The van der Waals surface area contributed by atoms with Crippen molar-refractivity contribution in [2.75, 3.05) is 0 Å². The molecule has 0 saturated carbocycles. The summed E-state index contributed by atoms with van der Waals surface area (Å²) in [6.07, 6.45) is 2.49. The maximum atomic E-state index is 6.17. The number of H-pyrrole nitrogens is 1. The molecule has 160 valence electrons. The molecule has 0 spiro atoms. The average Bonchev–Trinajstić information content (AvgIpc) is 3.42. The molecule has 31 heavy (non-hydrogen) atoms. The van der Waals surface area contributed by atoms with Gasteiger partial charge in [-0.25, -0.2) is 14.8 Å². The van der Waals surface area contributed by atoms with Crippen LogP contribution in [0.2, 0.25) is 0 Å². The van der Waals surface area contributed by atoms with E-state index < -0.39 is 0 Å². The number of tetrazole rings is 1. The van der Waals surface area contributed by atoms with Crippen LogP contribution >= 0.6 is 0 Å². The van der Waals surface area contributed by atoms with Crippen LogP contribution in [0.5, 0.6) is 0 Å². The Kier molecular flexibility index (Phi) is 5.90. The van der Waals surface area contributed by atoms with Crippen LogP contribution in [0.3, 0.4) is 0 Å². The second kappa shape index (κ2) is 8.77. The summed E-state index contributed by atoms with van der Waals surface area (Å²) in [6.45, 7) is 6.84. The molecule has 3 N–H and O–H groups in total. The number of aromatic amines is 1. The van der Waals surface area contributed by atoms with Crippen LogP contribution in [0.1, 0.15) is 44.4 Å². The number of nitrogens with one attached hydrogen (secondary N) is 1. The molecule has 8 heteroatoms. The van der Waals surface area contributed by atoms with E-state index in [0.717, 1.165) is 47.6 Å². The molecule has 0 aliphatic rings. The fourth-order valence-corrected chi connectivity index (χ4v) is 3.50. The quantitative estimate of drug-likeness (QED) is 0.455.